The predicted molar refractivity (Wildman–Crippen MR) is 56.5 cm³/mol. The molecule has 1 saturated carbocycles. The molecule has 0 atom stereocenters. The van der Waals surface area contributed by atoms with Crippen LogP contribution in [0.5, 0.6) is 0 Å². The average molecular weight is 205 g/mol. The van der Waals surface area contributed by atoms with Gasteiger partial charge in [-0.05, 0) is 36.5 Å². The van der Waals surface area contributed by atoms with Gasteiger partial charge in [0.25, 0.3) is 0 Å². The van der Waals surface area contributed by atoms with Crippen molar-refractivity contribution >= 4 is 22.6 Å². The molecule has 0 amide bonds. The fourth-order valence-electron chi connectivity index (χ4n) is 1.66. The van der Waals surface area contributed by atoms with Gasteiger partial charge in [0.05, 0.1) is 5.02 Å². The van der Waals surface area contributed by atoms with Crippen LogP contribution in [0.3, 0.4) is 0 Å². The van der Waals surface area contributed by atoms with Crippen molar-refractivity contribution in [1.29, 1.82) is 0 Å². The number of pyridine rings is 2. The molecule has 0 aromatic carbocycles. The zero-order chi connectivity index (χ0) is 9.54. The average Bonchev–Trinajstić information content (AvgIpc) is 3.01. The summed E-state index contributed by atoms with van der Waals surface area (Å²) in [6.07, 6.45) is 6.17. The Morgan fingerprint density at radius 2 is 2.14 bits per heavy atom. The number of nitrogens with zero attached hydrogens (tertiary/aromatic N) is 2. The second-order valence-corrected chi connectivity index (χ2v) is 4.11. The molecule has 2 nitrogen and oxygen atoms in total. The van der Waals surface area contributed by atoms with Crippen LogP contribution in [0.2, 0.25) is 5.02 Å². The van der Waals surface area contributed by atoms with E-state index in [0.29, 0.717) is 5.92 Å². The van der Waals surface area contributed by atoms with Crippen LogP contribution in [0, 0.1) is 0 Å². The van der Waals surface area contributed by atoms with Gasteiger partial charge in [-0.15, -0.1) is 0 Å². The number of fused-ring (bicyclic) bond motifs is 1. The lowest BCUT2D eigenvalue weighted by atomic mass is 10.1. The smallest absolute Gasteiger partial charge is 0.160 e. The van der Waals surface area contributed by atoms with Crippen LogP contribution < -0.4 is 0 Å². The second-order valence-electron chi connectivity index (χ2n) is 3.71. The van der Waals surface area contributed by atoms with E-state index in [0.717, 1.165) is 16.1 Å². The first kappa shape index (κ1) is 8.18. The summed E-state index contributed by atoms with van der Waals surface area (Å²) in [7, 11) is 0. The first-order chi connectivity index (χ1) is 6.84. The minimum Gasteiger partial charge on any atom is -0.237 e. The molecule has 1 aliphatic carbocycles. The highest BCUT2D eigenvalue weighted by molar-refractivity contribution is 6.35. The van der Waals surface area contributed by atoms with E-state index < -0.39 is 0 Å². The van der Waals surface area contributed by atoms with Gasteiger partial charge in [-0.25, -0.2) is 9.97 Å². The van der Waals surface area contributed by atoms with E-state index in [2.05, 4.69) is 16.0 Å². The summed E-state index contributed by atoms with van der Waals surface area (Å²) in [6.45, 7) is 0. The van der Waals surface area contributed by atoms with Gasteiger partial charge in [0.2, 0.25) is 0 Å². The highest BCUT2D eigenvalue weighted by Crippen LogP contribution is 2.40. The standard InChI is InChI=1S/C11H9ClN2/c12-10-3-4-13-11-9(10)5-8(6-14-11)7-1-2-7/h3-7H,1-2H2. The molecule has 0 N–H and O–H groups in total. The van der Waals surface area contributed by atoms with Gasteiger partial charge in [-0.3, -0.25) is 0 Å². The molecule has 0 unspecified atom stereocenters. The number of aromatic nitrogens is 2. The summed E-state index contributed by atoms with van der Waals surface area (Å²) < 4.78 is 0. The first-order valence-electron chi connectivity index (χ1n) is 4.75. The molecule has 1 aliphatic rings. The lowest BCUT2D eigenvalue weighted by Crippen LogP contribution is -1.87. The highest BCUT2D eigenvalue weighted by atomic mass is 35.5. The summed E-state index contributed by atoms with van der Waals surface area (Å²) in [5.74, 6) is 0.711. The molecule has 0 bridgehead atoms. The molecule has 2 aromatic heterocycles. The monoisotopic (exact) mass is 204 g/mol. The van der Waals surface area contributed by atoms with Gasteiger partial charge in [-0.1, -0.05) is 11.6 Å². The van der Waals surface area contributed by atoms with Crippen molar-refractivity contribution in [3.05, 3.63) is 35.1 Å². The predicted octanol–water partition coefficient (Wildman–Crippen LogP) is 3.16. The second kappa shape index (κ2) is 2.92. The summed E-state index contributed by atoms with van der Waals surface area (Å²) in [6, 6.07) is 3.93. The topological polar surface area (TPSA) is 25.8 Å². The van der Waals surface area contributed by atoms with Crippen LogP contribution in [0.15, 0.2) is 24.5 Å². The van der Waals surface area contributed by atoms with E-state index >= 15 is 0 Å². The Morgan fingerprint density at radius 1 is 1.29 bits per heavy atom. The first-order valence-corrected chi connectivity index (χ1v) is 5.12. The lowest BCUT2D eigenvalue weighted by molar-refractivity contribution is 1.10. The number of hydrogen-bond donors (Lipinski definition) is 0. The molecule has 0 spiro atoms. The van der Waals surface area contributed by atoms with E-state index in [9.17, 15) is 0 Å². The largest absolute Gasteiger partial charge is 0.237 e. The minimum atomic E-state index is 0.711. The third-order valence-corrected chi connectivity index (χ3v) is 2.94. The molecule has 2 aromatic rings. The van der Waals surface area contributed by atoms with Crippen LogP contribution in [0.25, 0.3) is 11.0 Å². The third kappa shape index (κ3) is 1.26. The van der Waals surface area contributed by atoms with Crippen LogP contribution in [-0.4, -0.2) is 9.97 Å². The Hall–Kier alpha value is -1.15. The summed E-state index contributed by atoms with van der Waals surface area (Å²) in [4.78, 5) is 8.48. The van der Waals surface area contributed by atoms with E-state index in [1.807, 2.05) is 12.3 Å². The molecular weight excluding hydrogens is 196 g/mol. The van der Waals surface area contributed by atoms with Gasteiger partial charge in [0.1, 0.15) is 0 Å². The minimum absolute atomic E-state index is 0.711. The van der Waals surface area contributed by atoms with Gasteiger partial charge < -0.3 is 0 Å². The maximum atomic E-state index is 6.07. The van der Waals surface area contributed by atoms with Crippen LogP contribution in [-0.2, 0) is 0 Å². The molecule has 2 heterocycles. The molecule has 14 heavy (non-hydrogen) atoms. The molecule has 0 aliphatic heterocycles. The van der Waals surface area contributed by atoms with Crippen molar-refractivity contribution in [3.8, 4) is 0 Å². The molecular formula is C11H9ClN2. The van der Waals surface area contributed by atoms with Crippen molar-refractivity contribution in [3.63, 3.8) is 0 Å². The van der Waals surface area contributed by atoms with Crippen LogP contribution >= 0.6 is 11.6 Å². The van der Waals surface area contributed by atoms with E-state index in [1.165, 1.54) is 18.4 Å². The van der Waals surface area contributed by atoms with Crippen molar-refractivity contribution in [1.82, 2.24) is 9.97 Å². The Morgan fingerprint density at radius 3 is 2.93 bits per heavy atom. The molecule has 70 valence electrons. The molecule has 0 saturated heterocycles. The summed E-state index contributed by atoms with van der Waals surface area (Å²) in [5.41, 5.74) is 2.04. The maximum Gasteiger partial charge on any atom is 0.160 e. The molecule has 1 fully saturated rings. The zero-order valence-electron chi connectivity index (χ0n) is 7.57. The van der Waals surface area contributed by atoms with Crippen molar-refractivity contribution in [2.75, 3.05) is 0 Å². The summed E-state index contributed by atoms with van der Waals surface area (Å²) >= 11 is 6.07. The summed E-state index contributed by atoms with van der Waals surface area (Å²) in [5, 5.41) is 1.71. The van der Waals surface area contributed by atoms with Gasteiger partial charge in [-0.2, -0.15) is 0 Å². The highest BCUT2D eigenvalue weighted by Gasteiger charge is 2.24. The van der Waals surface area contributed by atoms with E-state index in [1.54, 1.807) is 6.20 Å². The molecule has 3 rings (SSSR count). The van der Waals surface area contributed by atoms with Crippen molar-refractivity contribution in [2.24, 2.45) is 0 Å². The fourth-order valence-corrected chi connectivity index (χ4v) is 1.85. The van der Waals surface area contributed by atoms with E-state index in [-0.39, 0.29) is 0 Å². The number of halogens is 1. The Labute approximate surface area is 86.9 Å². The Kier molecular flexibility index (Phi) is 1.71. The third-order valence-electron chi connectivity index (χ3n) is 2.61. The molecule has 3 heteroatoms. The fraction of sp³-hybridized carbons (Fsp3) is 0.273. The lowest BCUT2D eigenvalue weighted by Gasteiger charge is -2.01. The van der Waals surface area contributed by atoms with Crippen LogP contribution in [0.1, 0.15) is 24.3 Å². The Balaban J connectivity index is 2.25. The van der Waals surface area contributed by atoms with Crippen molar-refractivity contribution < 1.29 is 0 Å². The number of hydrogen-bond acceptors (Lipinski definition) is 2. The Bertz CT molecular complexity index is 492. The normalized spacial score (nSPS) is 16.1. The van der Waals surface area contributed by atoms with Gasteiger partial charge in [0, 0.05) is 17.8 Å². The van der Waals surface area contributed by atoms with Crippen molar-refractivity contribution in [2.45, 2.75) is 18.8 Å². The van der Waals surface area contributed by atoms with Crippen LogP contribution in [0.4, 0.5) is 0 Å². The zero-order valence-corrected chi connectivity index (χ0v) is 8.33. The molecule has 0 radical (unpaired) electrons. The quantitative estimate of drug-likeness (QED) is 0.713. The maximum absolute atomic E-state index is 6.07. The van der Waals surface area contributed by atoms with Gasteiger partial charge in [0.15, 0.2) is 5.65 Å². The SMILES string of the molecule is Clc1ccnc2ncc(C3CC3)cc12. The number of rotatable bonds is 1. The van der Waals surface area contributed by atoms with E-state index in [4.69, 9.17) is 11.6 Å². The van der Waals surface area contributed by atoms with Gasteiger partial charge >= 0.3 is 0 Å².